The Morgan fingerprint density at radius 3 is 2.19 bits per heavy atom. The van der Waals surface area contributed by atoms with E-state index in [1.807, 2.05) is 26.0 Å². The van der Waals surface area contributed by atoms with E-state index < -0.39 is 10.0 Å². The van der Waals surface area contributed by atoms with Gasteiger partial charge in [0.05, 0.1) is 11.5 Å². The molecule has 6 heteroatoms. The zero-order chi connectivity index (χ0) is 22.4. The van der Waals surface area contributed by atoms with Gasteiger partial charge in [-0.1, -0.05) is 36.4 Å². The van der Waals surface area contributed by atoms with E-state index in [2.05, 4.69) is 36.1 Å². The number of nitrogens with zero attached hydrogens (tertiary/aromatic N) is 2. The number of likely N-dealkylation sites (tertiary alicyclic amines) is 1. The Hall–Kier alpha value is -1.73. The molecule has 0 bridgehead atoms. The maximum atomic E-state index is 13.0. The summed E-state index contributed by atoms with van der Waals surface area (Å²) in [7, 11) is -1.97. The molecule has 0 aromatic heterocycles. The smallest absolute Gasteiger partial charge is 0.243 e. The van der Waals surface area contributed by atoms with Gasteiger partial charge in [-0.25, -0.2) is 8.42 Å². The fraction of sp³-hybridized carbons (Fsp3) is 0.520. The Kier molecular flexibility index (Phi) is 8.28. The second kappa shape index (κ2) is 10.7. The number of benzene rings is 2. The van der Waals surface area contributed by atoms with Crippen molar-refractivity contribution >= 4 is 10.0 Å². The summed E-state index contributed by atoms with van der Waals surface area (Å²) >= 11 is 0. The minimum absolute atomic E-state index is 0.129. The van der Waals surface area contributed by atoms with Crippen LogP contribution in [0.3, 0.4) is 0 Å². The first-order chi connectivity index (χ1) is 14.8. The van der Waals surface area contributed by atoms with Crippen LogP contribution >= 0.6 is 0 Å². The quantitative estimate of drug-likeness (QED) is 0.544. The van der Waals surface area contributed by atoms with Gasteiger partial charge in [0, 0.05) is 32.3 Å². The van der Waals surface area contributed by atoms with Crippen LogP contribution in [-0.2, 0) is 21.2 Å². The van der Waals surface area contributed by atoms with Crippen LogP contribution in [0.1, 0.15) is 39.2 Å². The minimum atomic E-state index is -3.55. The lowest BCUT2D eigenvalue weighted by atomic mass is 10.0. The van der Waals surface area contributed by atoms with E-state index in [1.54, 1.807) is 19.2 Å². The maximum Gasteiger partial charge on any atom is 0.243 e. The van der Waals surface area contributed by atoms with Crippen LogP contribution in [0.4, 0.5) is 0 Å². The molecule has 0 N–H and O–H groups in total. The van der Waals surface area contributed by atoms with Crippen molar-refractivity contribution in [2.24, 2.45) is 0 Å². The zero-order valence-corrected chi connectivity index (χ0v) is 20.1. The number of sulfonamides is 1. The van der Waals surface area contributed by atoms with Crippen molar-refractivity contribution in [1.82, 2.24) is 9.21 Å². The van der Waals surface area contributed by atoms with Gasteiger partial charge >= 0.3 is 0 Å². The molecular formula is C25H36N2O3S. The van der Waals surface area contributed by atoms with Crippen molar-refractivity contribution in [2.75, 3.05) is 33.4 Å². The average molecular weight is 445 g/mol. The molecule has 0 amide bonds. The van der Waals surface area contributed by atoms with Crippen molar-refractivity contribution in [3.05, 3.63) is 54.1 Å². The lowest BCUT2D eigenvalue weighted by Gasteiger charge is -2.25. The topological polar surface area (TPSA) is 49.9 Å². The minimum Gasteiger partial charge on any atom is -0.383 e. The van der Waals surface area contributed by atoms with Gasteiger partial charge in [0.1, 0.15) is 0 Å². The first kappa shape index (κ1) is 23.9. The first-order valence-corrected chi connectivity index (χ1v) is 12.7. The Morgan fingerprint density at radius 2 is 1.68 bits per heavy atom. The molecule has 0 spiro atoms. The van der Waals surface area contributed by atoms with Crippen molar-refractivity contribution < 1.29 is 13.2 Å². The number of ether oxygens (including phenoxy) is 1. The third-order valence-electron chi connectivity index (χ3n) is 6.22. The largest absolute Gasteiger partial charge is 0.383 e. The number of hydrogen-bond acceptors (Lipinski definition) is 4. The van der Waals surface area contributed by atoms with Crippen LogP contribution in [0.15, 0.2) is 53.4 Å². The fourth-order valence-corrected chi connectivity index (χ4v) is 5.87. The fourth-order valence-electron chi connectivity index (χ4n) is 4.25. The highest BCUT2D eigenvalue weighted by Gasteiger charge is 2.26. The summed E-state index contributed by atoms with van der Waals surface area (Å²) in [5, 5.41) is 0. The maximum absolute atomic E-state index is 13.0. The summed E-state index contributed by atoms with van der Waals surface area (Å²) in [5.74, 6) is 0. The molecule has 1 saturated heterocycles. The van der Waals surface area contributed by atoms with Gasteiger partial charge < -0.3 is 9.64 Å². The number of rotatable bonds is 10. The predicted octanol–water partition coefficient (Wildman–Crippen LogP) is 4.43. The second-order valence-electron chi connectivity index (χ2n) is 8.70. The van der Waals surface area contributed by atoms with E-state index in [4.69, 9.17) is 4.74 Å². The van der Waals surface area contributed by atoms with E-state index in [1.165, 1.54) is 29.3 Å². The highest BCUT2D eigenvalue weighted by Crippen LogP contribution is 2.25. The Morgan fingerprint density at radius 1 is 1.06 bits per heavy atom. The van der Waals surface area contributed by atoms with Gasteiger partial charge in [0.2, 0.25) is 10.0 Å². The van der Waals surface area contributed by atoms with Gasteiger partial charge in [-0.05, 0) is 75.4 Å². The third kappa shape index (κ3) is 5.95. The molecule has 2 aromatic carbocycles. The highest BCUT2D eigenvalue weighted by atomic mass is 32.2. The van der Waals surface area contributed by atoms with Crippen LogP contribution in [0.25, 0.3) is 11.1 Å². The van der Waals surface area contributed by atoms with Crippen LogP contribution < -0.4 is 0 Å². The summed E-state index contributed by atoms with van der Waals surface area (Å²) < 4.78 is 32.7. The Labute approximate surface area is 188 Å². The Bertz CT molecular complexity index is 924. The average Bonchev–Trinajstić information content (AvgIpc) is 3.17. The third-order valence-corrected chi connectivity index (χ3v) is 8.31. The SMILES string of the molecule is COCCN(C(C)C)S(=O)(=O)c1ccc(-c2ccc(CCN3CCCC3C)cc2)cc1. The molecule has 1 heterocycles. The van der Waals surface area contributed by atoms with Crippen molar-refractivity contribution in [3.8, 4) is 11.1 Å². The van der Waals surface area contributed by atoms with E-state index in [9.17, 15) is 8.42 Å². The molecule has 1 aliphatic heterocycles. The molecule has 1 aliphatic rings. The van der Waals surface area contributed by atoms with Gasteiger partial charge in [0.15, 0.2) is 0 Å². The van der Waals surface area contributed by atoms with Crippen LogP contribution in [0, 0.1) is 0 Å². The summed E-state index contributed by atoms with van der Waals surface area (Å²) in [5.41, 5.74) is 3.46. The van der Waals surface area contributed by atoms with Gasteiger partial charge in [-0.15, -0.1) is 0 Å². The normalized spacial score (nSPS) is 17.7. The van der Waals surface area contributed by atoms with Gasteiger partial charge in [0.25, 0.3) is 0 Å². The highest BCUT2D eigenvalue weighted by molar-refractivity contribution is 7.89. The van der Waals surface area contributed by atoms with Gasteiger partial charge in [-0.2, -0.15) is 4.31 Å². The molecule has 1 atom stereocenters. The molecular weight excluding hydrogens is 408 g/mol. The molecule has 31 heavy (non-hydrogen) atoms. The molecule has 0 radical (unpaired) electrons. The lowest BCUT2D eigenvalue weighted by molar-refractivity contribution is 0.171. The molecule has 2 aromatic rings. The molecule has 1 unspecified atom stereocenters. The summed E-state index contributed by atoms with van der Waals surface area (Å²) in [4.78, 5) is 2.89. The van der Waals surface area contributed by atoms with Crippen molar-refractivity contribution in [3.63, 3.8) is 0 Å². The first-order valence-electron chi connectivity index (χ1n) is 11.3. The van der Waals surface area contributed by atoms with Gasteiger partial charge in [-0.3, -0.25) is 0 Å². The number of hydrogen-bond donors (Lipinski definition) is 0. The van der Waals surface area contributed by atoms with Crippen LogP contribution in [0.2, 0.25) is 0 Å². The van der Waals surface area contributed by atoms with E-state index in [-0.39, 0.29) is 6.04 Å². The Balaban J connectivity index is 1.67. The molecule has 3 rings (SSSR count). The zero-order valence-electron chi connectivity index (χ0n) is 19.3. The second-order valence-corrected chi connectivity index (χ2v) is 10.6. The molecule has 1 fully saturated rings. The van der Waals surface area contributed by atoms with Crippen LogP contribution in [0.5, 0.6) is 0 Å². The van der Waals surface area contributed by atoms with E-state index >= 15 is 0 Å². The van der Waals surface area contributed by atoms with E-state index in [0.29, 0.717) is 24.1 Å². The molecule has 0 aliphatic carbocycles. The molecule has 5 nitrogen and oxygen atoms in total. The predicted molar refractivity (Wildman–Crippen MR) is 127 cm³/mol. The van der Waals surface area contributed by atoms with Crippen molar-refractivity contribution in [1.29, 1.82) is 0 Å². The summed E-state index contributed by atoms with van der Waals surface area (Å²) in [6.45, 7) is 9.13. The monoisotopic (exact) mass is 444 g/mol. The standard InChI is InChI=1S/C25H36N2O3S/c1-20(2)27(18-19-30-4)31(28,29)25-13-11-24(12-14-25)23-9-7-22(8-10-23)15-17-26-16-5-6-21(26)3/h7-14,20-21H,5-6,15-19H2,1-4H3. The summed E-state index contributed by atoms with van der Waals surface area (Å²) in [6.07, 6.45) is 3.69. The van der Waals surface area contributed by atoms with Crippen molar-refractivity contribution in [2.45, 2.75) is 57.0 Å². The summed E-state index contributed by atoms with van der Waals surface area (Å²) in [6, 6.07) is 16.4. The lowest BCUT2D eigenvalue weighted by Crippen LogP contribution is -2.39. The molecule has 170 valence electrons. The molecule has 0 saturated carbocycles. The van der Waals surface area contributed by atoms with E-state index in [0.717, 1.165) is 24.1 Å². The number of methoxy groups -OCH3 is 1. The van der Waals surface area contributed by atoms with Crippen LogP contribution in [-0.4, -0.2) is 63.1 Å².